The van der Waals surface area contributed by atoms with Crippen LogP contribution in [0.3, 0.4) is 0 Å². The average Bonchev–Trinajstić information content (AvgIpc) is 1.56. The molecule has 0 aliphatic heterocycles. The highest BCUT2D eigenvalue weighted by atomic mass is 31.2. The van der Waals surface area contributed by atoms with Crippen LogP contribution in [0.4, 0.5) is 8.78 Å². The average molecular weight is 190 g/mol. The lowest BCUT2D eigenvalue weighted by Gasteiger charge is -2.14. The summed E-state index contributed by atoms with van der Waals surface area (Å²) < 4.78 is 33.9. The van der Waals surface area contributed by atoms with Crippen molar-refractivity contribution in [2.24, 2.45) is 0 Å². The molecule has 66 valence electrons. The molecule has 0 rings (SSSR count). The molecule has 0 atom stereocenters. The third kappa shape index (κ3) is 2.92. The normalized spacial score (nSPS) is 13.1. The summed E-state index contributed by atoms with van der Waals surface area (Å²) in [5, 5.41) is 7.79. The van der Waals surface area contributed by atoms with Crippen LogP contribution in [-0.2, 0) is 9.36 Å². The number of aliphatic carboxylic acids is 1. The van der Waals surface area contributed by atoms with E-state index >= 15 is 0 Å². The van der Waals surface area contributed by atoms with Gasteiger partial charge in [0.1, 0.15) is 6.42 Å². The molecule has 0 saturated carbocycles. The van der Waals surface area contributed by atoms with E-state index in [0.717, 1.165) is 0 Å². The van der Waals surface area contributed by atoms with Gasteiger partial charge in [-0.15, -0.1) is 0 Å². The molecule has 11 heavy (non-hydrogen) atoms. The first kappa shape index (κ1) is 10.5. The number of hydrogen-bond donors (Lipinski definition) is 3. The molecule has 0 radical (unpaired) electrons. The van der Waals surface area contributed by atoms with Gasteiger partial charge < -0.3 is 14.9 Å². The summed E-state index contributed by atoms with van der Waals surface area (Å²) in [4.78, 5) is 25.4. The number of carbonyl (C=O) groups is 1. The zero-order chi connectivity index (χ0) is 9.28. The molecule has 5 nitrogen and oxygen atoms in total. The molecule has 0 amide bonds. The van der Waals surface area contributed by atoms with Gasteiger partial charge in [-0.05, 0) is 0 Å². The Morgan fingerprint density at radius 1 is 1.45 bits per heavy atom. The van der Waals surface area contributed by atoms with Crippen molar-refractivity contribution in [3.63, 3.8) is 0 Å². The van der Waals surface area contributed by atoms with Gasteiger partial charge in [-0.25, -0.2) is 0 Å². The lowest BCUT2D eigenvalue weighted by Crippen LogP contribution is -2.20. The fraction of sp³-hybridized carbons (Fsp3) is 0.667. The highest BCUT2D eigenvalue weighted by molar-refractivity contribution is 7.53. The smallest absolute Gasteiger partial charge is 0.395 e. The van der Waals surface area contributed by atoms with Gasteiger partial charge in [0, 0.05) is 0 Å². The molecular weight excluding hydrogens is 185 g/mol. The van der Waals surface area contributed by atoms with Gasteiger partial charge in [-0.1, -0.05) is 0 Å². The Kier molecular flexibility index (Phi) is 2.71. The number of rotatable bonds is 3. The molecule has 3 N–H and O–H groups in total. The Morgan fingerprint density at radius 2 is 1.82 bits per heavy atom. The quantitative estimate of drug-likeness (QED) is 0.553. The topological polar surface area (TPSA) is 94.8 Å². The second-order valence-corrected chi connectivity index (χ2v) is 3.52. The fourth-order valence-corrected chi connectivity index (χ4v) is 0.626. The molecule has 0 aromatic carbocycles. The first-order valence-corrected chi connectivity index (χ1v) is 3.93. The van der Waals surface area contributed by atoms with Crippen molar-refractivity contribution in [3.05, 3.63) is 0 Å². The summed E-state index contributed by atoms with van der Waals surface area (Å²) in [6, 6.07) is 0. The van der Waals surface area contributed by atoms with E-state index in [0.29, 0.717) is 0 Å². The van der Waals surface area contributed by atoms with E-state index in [9.17, 15) is 18.1 Å². The minimum absolute atomic E-state index is 1.86. The molecule has 0 fully saturated rings. The van der Waals surface area contributed by atoms with Gasteiger partial charge >= 0.3 is 19.2 Å². The van der Waals surface area contributed by atoms with Crippen molar-refractivity contribution in [2.45, 2.75) is 12.1 Å². The number of halogens is 2. The van der Waals surface area contributed by atoms with Crippen LogP contribution in [0.15, 0.2) is 0 Å². The lowest BCUT2D eigenvalue weighted by molar-refractivity contribution is -0.141. The molecule has 8 heteroatoms. The first-order chi connectivity index (χ1) is 4.67. The van der Waals surface area contributed by atoms with E-state index in [4.69, 9.17) is 14.9 Å². The molecule has 0 spiro atoms. The SMILES string of the molecule is O=C(O)CC(F)(F)P(=O)(O)O. The van der Waals surface area contributed by atoms with Crippen molar-refractivity contribution in [2.75, 3.05) is 0 Å². The van der Waals surface area contributed by atoms with E-state index in [2.05, 4.69) is 0 Å². The van der Waals surface area contributed by atoms with E-state index in [-0.39, 0.29) is 0 Å². The van der Waals surface area contributed by atoms with Crippen molar-refractivity contribution in [1.82, 2.24) is 0 Å². The van der Waals surface area contributed by atoms with Crippen LogP contribution in [0.1, 0.15) is 6.42 Å². The molecule has 0 aromatic heterocycles. The number of carboxylic acids is 1. The van der Waals surface area contributed by atoms with Crippen LogP contribution < -0.4 is 0 Å². The summed E-state index contributed by atoms with van der Waals surface area (Å²) in [5.74, 6) is -1.96. The number of alkyl halides is 2. The predicted octanol–water partition coefficient (Wildman–Crippen LogP) is 0.232. The van der Waals surface area contributed by atoms with E-state index in [1.54, 1.807) is 0 Å². The van der Waals surface area contributed by atoms with Gasteiger partial charge in [0.25, 0.3) is 0 Å². The molecule has 0 bridgehead atoms. The van der Waals surface area contributed by atoms with Crippen molar-refractivity contribution in [1.29, 1.82) is 0 Å². The van der Waals surface area contributed by atoms with E-state index < -0.39 is 25.6 Å². The Hall–Kier alpha value is -0.520. The zero-order valence-corrected chi connectivity index (χ0v) is 5.96. The summed E-state index contributed by atoms with van der Waals surface area (Å²) in [6.07, 6.45) is -1.86. The lowest BCUT2D eigenvalue weighted by atomic mass is 10.5. The van der Waals surface area contributed by atoms with Gasteiger partial charge in [-0.3, -0.25) is 9.36 Å². The van der Waals surface area contributed by atoms with Crippen LogP contribution in [-0.4, -0.2) is 26.5 Å². The van der Waals surface area contributed by atoms with Crippen LogP contribution in [0, 0.1) is 0 Å². The third-order valence-electron chi connectivity index (χ3n) is 0.790. The van der Waals surface area contributed by atoms with Crippen LogP contribution >= 0.6 is 7.60 Å². The molecule has 0 heterocycles. The van der Waals surface area contributed by atoms with Gasteiger partial charge in [0.2, 0.25) is 0 Å². The van der Waals surface area contributed by atoms with Crippen LogP contribution in [0.2, 0.25) is 0 Å². The van der Waals surface area contributed by atoms with Crippen molar-refractivity contribution in [3.8, 4) is 0 Å². The summed E-state index contributed by atoms with van der Waals surface area (Å²) >= 11 is 0. The summed E-state index contributed by atoms with van der Waals surface area (Å²) in [6.45, 7) is 0. The largest absolute Gasteiger partial charge is 0.481 e. The Bertz CT molecular complexity index is 208. The maximum atomic E-state index is 12.0. The number of carboxylic acid groups (broad SMARTS) is 1. The second-order valence-electron chi connectivity index (χ2n) is 1.78. The zero-order valence-electron chi connectivity index (χ0n) is 5.07. The highest BCUT2D eigenvalue weighted by Gasteiger charge is 2.50. The van der Waals surface area contributed by atoms with Crippen molar-refractivity contribution < 1.29 is 33.0 Å². The Balaban J connectivity index is 4.48. The summed E-state index contributed by atoms with van der Waals surface area (Å²) in [7, 11) is -5.64. The Labute approximate surface area is 59.8 Å². The second kappa shape index (κ2) is 2.84. The minimum Gasteiger partial charge on any atom is -0.481 e. The number of hydrogen-bond acceptors (Lipinski definition) is 2. The molecule has 0 saturated heterocycles. The van der Waals surface area contributed by atoms with E-state index in [1.165, 1.54) is 0 Å². The van der Waals surface area contributed by atoms with Crippen molar-refractivity contribution >= 4 is 13.6 Å². The van der Waals surface area contributed by atoms with Crippen LogP contribution in [0.5, 0.6) is 0 Å². The maximum Gasteiger partial charge on any atom is 0.395 e. The van der Waals surface area contributed by atoms with Gasteiger partial charge in [0.15, 0.2) is 0 Å². The van der Waals surface area contributed by atoms with E-state index in [1.807, 2.05) is 0 Å². The fourth-order valence-electron chi connectivity index (χ4n) is 0.285. The molecular formula is C3H5F2O5P. The third-order valence-corrected chi connectivity index (χ3v) is 1.80. The predicted molar refractivity (Wildman–Crippen MR) is 29.2 cm³/mol. The summed E-state index contributed by atoms with van der Waals surface area (Å²) in [5.41, 5.74) is -4.47. The molecule has 0 aliphatic carbocycles. The Morgan fingerprint density at radius 3 is 1.91 bits per heavy atom. The standard InChI is InChI=1S/C3H5F2O5P/c4-3(5,1-2(6)7)11(8,9)10/h1H2,(H,6,7)(H2,8,9,10). The van der Waals surface area contributed by atoms with Gasteiger partial charge in [-0.2, -0.15) is 8.78 Å². The first-order valence-electron chi connectivity index (χ1n) is 2.32. The highest BCUT2D eigenvalue weighted by Crippen LogP contribution is 2.54. The maximum absolute atomic E-state index is 12.0. The molecule has 0 unspecified atom stereocenters. The molecule has 0 aromatic rings. The monoisotopic (exact) mass is 190 g/mol. The minimum atomic E-state index is -5.64. The molecule has 0 aliphatic rings. The van der Waals surface area contributed by atoms with Crippen LogP contribution in [0.25, 0.3) is 0 Å². The van der Waals surface area contributed by atoms with Gasteiger partial charge in [0.05, 0.1) is 0 Å².